The highest BCUT2D eigenvalue weighted by atomic mass is 79.9. The van der Waals surface area contributed by atoms with Gasteiger partial charge in [-0.05, 0) is 58.7 Å². The van der Waals surface area contributed by atoms with E-state index in [1.807, 2.05) is 31.4 Å². The van der Waals surface area contributed by atoms with Crippen molar-refractivity contribution in [1.29, 1.82) is 0 Å². The highest BCUT2D eigenvalue weighted by molar-refractivity contribution is 9.10. The van der Waals surface area contributed by atoms with Gasteiger partial charge in [0.05, 0.1) is 0 Å². The van der Waals surface area contributed by atoms with Crippen LogP contribution in [-0.4, -0.2) is 12.0 Å². The van der Waals surface area contributed by atoms with Crippen LogP contribution in [0.4, 0.5) is 4.39 Å². The van der Waals surface area contributed by atoms with Crippen molar-refractivity contribution < 1.29 is 4.39 Å². The van der Waals surface area contributed by atoms with E-state index in [9.17, 15) is 4.39 Å². The molecular formula is C14H14BrFN2. The Balaban J connectivity index is 2.17. The van der Waals surface area contributed by atoms with Crippen LogP contribution in [0.15, 0.2) is 47.2 Å². The summed E-state index contributed by atoms with van der Waals surface area (Å²) in [6, 6.07) is 8.78. The van der Waals surface area contributed by atoms with Gasteiger partial charge in [0.1, 0.15) is 5.82 Å². The van der Waals surface area contributed by atoms with E-state index in [2.05, 4.69) is 26.2 Å². The van der Waals surface area contributed by atoms with Gasteiger partial charge in [0.2, 0.25) is 0 Å². The van der Waals surface area contributed by atoms with Crippen LogP contribution in [0.25, 0.3) is 0 Å². The lowest BCUT2D eigenvalue weighted by molar-refractivity contribution is 0.585. The number of likely N-dealkylation sites (N-methyl/N-ethyl adjacent to an activating group) is 1. The summed E-state index contributed by atoms with van der Waals surface area (Å²) in [5, 5.41) is 3.24. The SMILES string of the molecule is CNC(Cc1cncc(Br)c1)c1ccc(F)cc1. The molecule has 1 atom stereocenters. The highest BCUT2D eigenvalue weighted by Gasteiger charge is 2.10. The zero-order chi connectivity index (χ0) is 13.0. The van der Waals surface area contributed by atoms with Gasteiger partial charge in [-0.2, -0.15) is 0 Å². The molecule has 0 aliphatic rings. The quantitative estimate of drug-likeness (QED) is 0.935. The van der Waals surface area contributed by atoms with Crippen molar-refractivity contribution in [3.63, 3.8) is 0 Å². The molecule has 0 amide bonds. The van der Waals surface area contributed by atoms with Crippen LogP contribution in [-0.2, 0) is 6.42 Å². The second-order valence-electron chi connectivity index (χ2n) is 4.11. The molecule has 1 heterocycles. The highest BCUT2D eigenvalue weighted by Crippen LogP contribution is 2.20. The van der Waals surface area contributed by atoms with E-state index in [1.54, 1.807) is 6.20 Å². The van der Waals surface area contributed by atoms with Gasteiger partial charge in [-0.25, -0.2) is 4.39 Å². The molecule has 18 heavy (non-hydrogen) atoms. The van der Waals surface area contributed by atoms with E-state index < -0.39 is 0 Å². The molecular weight excluding hydrogens is 295 g/mol. The van der Waals surface area contributed by atoms with E-state index in [0.29, 0.717) is 0 Å². The van der Waals surface area contributed by atoms with E-state index in [-0.39, 0.29) is 11.9 Å². The third kappa shape index (κ3) is 3.37. The summed E-state index contributed by atoms with van der Waals surface area (Å²) in [4.78, 5) is 4.14. The van der Waals surface area contributed by atoms with Crippen LogP contribution < -0.4 is 5.32 Å². The molecule has 0 saturated heterocycles. The zero-order valence-corrected chi connectivity index (χ0v) is 11.6. The summed E-state index contributed by atoms with van der Waals surface area (Å²) in [5.74, 6) is -0.210. The van der Waals surface area contributed by atoms with Gasteiger partial charge >= 0.3 is 0 Å². The first kappa shape index (κ1) is 13.2. The lowest BCUT2D eigenvalue weighted by Crippen LogP contribution is -2.18. The van der Waals surface area contributed by atoms with Crippen LogP contribution in [0.5, 0.6) is 0 Å². The monoisotopic (exact) mass is 308 g/mol. The lowest BCUT2D eigenvalue weighted by atomic mass is 10.00. The topological polar surface area (TPSA) is 24.9 Å². The molecule has 94 valence electrons. The van der Waals surface area contributed by atoms with Gasteiger partial charge in [-0.15, -0.1) is 0 Å². The first-order chi connectivity index (χ1) is 8.69. The third-order valence-electron chi connectivity index (χ3n) is 2.82. The molecule has 0 aliphatic heterocycles. The molecule has 2 nitrogen and oxygen atoms in total. The minimum absolute atomic E-state index is 0.154. The molecule has 1 aromatic heterocycles. The Morgan fingerprint density at radius 2 is 2.00 bits per heavy atom. The summed E-state index contributed by atoms with van der Waals surface area (Å²) in [6.07, 6.45) is 4.42. The predicted molar refractivity (Wildman–Crippen MR) is 73.8 cm³/mol. The van der Waals surface area contributed by atoms with Crippen molar-refractivity contribution in [2.24, 2.45) is 0 Å². The number of rotatable bonds is 4. The number of nitrogens with one attached hydrogen (secondary N) is 1. The van der Waals surface area contributed by atoms with Crippen LogP contribution in [0.3, 0.4) is 0 Å². The molecule has 1 unspecified atom stereocenters. The second-order valence-corrected chi connectivity index (χ2v) is 5.02. The number of hydrogen-bond donors (Lipinski definition) is 1. The number of nitrogens with zero attached hydrogens (tertiary/aromatic N) is 1. The smallest absolute Gasteiger partial charge is 0.123 e. The Labute approximate surface area is 114 Å². The summed E-state index contributed by atoms with van der Waals surface area (Å²) >= 11 is 3.41. The Hall–Kier alpha value is -1.26. The Kier molecular flexibility index (Phi) is 4.44. The number of aromatic nitrogens is 1. The lowest BCUT2D eigenvalue weighted by Gasteiger charge is -2.16. The van der Waals surface area contributed by atoms with Gasteiger partial charge in [0.15, 0.2) is 0 Å². The summed E-state index contributed by atoms with van der Waals surface area (Å²) < 4.78 is 13.9. The van der Waals surface area contributed by atoms with E-state index in [1.165, 1.54) is 12.1 Å². The van der Waals surface area contributed by atoms with E-state index in [4.69, 9.17) is 0 Å². The molecule has 0 radical (unpaired) electrons. The van der Waals surface area contributed by atoms with Gasteiger partial charge in [0.25, 0.3) is 0 Å². The van der Waals surface area contributed by atoms with Gasteiger partial charge < -0.3 is 5.32 Å². The Bertz CT molecular complexity index is 513. The average Bonchev–Trinajstić information content (AvgIpc) is 2.37. The fourth-order valence-electron chi connectivity index (χ4n) is 1.88. The standard InChI is InChI=1S/C14H14BrFN2/c1-17-14(11-2-4-13(16)5-3-11)7-10-6-12(15)9-18-8-10/h2-6,8-9,14,17H,7H2,1H3. The Morgan fingerprint density at radius 3 is 2.61 bits per heavy atom. The fraction of sp³-hybridized carbons (Fsp3) is 0.214. The molecule has 1 aromatic carbocycles. The molecule has 0 bridgehead atoms. The maximum Gasteiger partial charge on any atom is 0.123 e. The number of hydrogen-bond acceptors (Lipinski definition) is 2. The van der Waals surface area contributed by atoms with Crippen molar-refractivity contribution >= 4 is 15.9 Å². The maximum atomic E-state index is 12.9. The minimum atomic E-state index is -0.210. The summed E-state index contributed by atoms with van der Waals surface area (Å²) in [5.41, 5.74) is 2.20. The van der Waals surface area contributed by atoms with Crippen LogP contribution in [0.2, 0.25) is 0 Å². The molecule has 0 spiro atoms. The molecule has 2 aromatic rings. The second kappa shape index (κ2) is 6.07. The minimum Gasteiger partial charge on any atom is -0.313 e. The number of halogens is 2. The average molecular weight is 309 g/mol. The van der Waals surface area contributed by atoms with Crippen LogP contribution >= 0.6 is 15.9 Å². The molecule has 0 saturated carbocycles. The molecule has 4 heteroatoms. The van der Waals surface area contributed by atoms with Gasteiger partial charge in [0, 0.05) is 22.9 Å². The molecule has 2 rings (SSSR count). The van der Waals surface area contributed by atoms with Crippen LogP contribution in [0, 0.1) is 5.82 Å². The largest absolute Gasteiger partial charge is 0.313 e. The van der Waals surface area contributed by atoms with Crippen molar-refractivity contribution in [2.45, 2.75) is 12.5 Å². The molecule has 1 N–H and O–H groups in total. The first-order valence-electron chi connectivity index (χ1n) is 5.71. The van der Waals surface area contributed by atoms with Crippen LogP contribution in [0.1, 0.15) is 17.2 Å². The zero-order valence-electron chi connectivity index (χ0n) is 10.0. The first-order valence-corrected chi connectivity index (χ1v) is 6.50. The predicted octanol–water partition coefficient (Wildman–Crippen LogP) is 3.49. The van der Waals surface area contributed by atoms with Crippen molar-refractivity contribution in [2.75, 3.05) is 7.05 Å². The summed E-state index contributed by atoms with van der Waals surface area (Å²) in [7, 11) is 1.90. The Morgan fingerprint density at radius 1 is 1.28 bits per heavy atom. The third-order valence-corrected chi connectivity index (χ3v) is 3.26. The van der Waals surface area contributed by atoms with E-state index >= 15 is 0 Å². The maximum absolute atomic E-state index is 12.9. The summed E-state index contributed by atoms with van der Waals surface area (Å²) in [6.45, 7) is 0. The molecule has 0 aliphatic carbocycles. The number of benzene rings is 1. The van der Waals surface area contributed by atoms with Gasteiger partial charge in [-0.3, -0.25) is 4.98 Å². The molecule has 0 fully saturated rings. The van der Waals surface area contributed by atoms with Crippen molar-refractivity contribution in [3.05, 3.63) is 64.1 Å². The van der Waals surface area contributed by atoms with Crippen molar-refractivity contribution in [1.82, 2.24) is 10.3 Å². The van der Waals surface area contributed by atoms with E-state index in [0.717, 1.165) is 22.0 Å². The van der Waals surface area contributed by atoms with Crippen molar-refractivity contribution in [3.8, 4) is 0 Å². The van der Waals surface area contributed by atoms with Gasteiger partial charge in [-0.1, -0.05) is 12.1 Å². The normalized spacial score (nSPS) is 12.4. The number of pyridine rings is 1. The fourth-order valence-corrected chi connectivity index (χ4v) is 2.30.